The Kier molecular flexibility index (Phi) is 4.60. The van der Waals surface area contributed by atoms with Gasteiger partial charge in [0.2, 0.25) is 0 Å². The molecular formula is C21H25N7. The van der Waals surface area contributed by atoms with Gasteiger partial charge in [-0.2, -0.15) is 0 Å². The zero-order chi connectivity index (χ0) is 18.8. The second-order valence-corrected chi connectivity index (χ2v) is 7.38. The quantitative estimate of drug-likeness (QED) is 0.473. The van der Waals surface area contributed by atoms with Gasteiger partial charge in [-0.05, 0) is 42.7 Å². The van der Waals surface area contributed by atoms with E-state index in [2.05, 4.69) is 91.4 Å². The number of benzene rings is 2. The standard InChI is InChI=1S/C21H25N7/c1-2-7-19-16(4-1)13-20(23-19)15-5-3-6-18(12-15)28-10-8-17(9-11-28)22-14-21-24-26-27-25-21/h1-7,12-13,17,22-23,26-27H,8-11,14H2,(H,24,25). The van der Waals surface area contributed by atoms with E-state index in [-0.39, 0.29) is 0 Å². The molecule has 0 atom stereocenters. The smallest absolute Gasteiger partial charge is 0.153 e. The molecule has 7 nitrogen and oxygen atoms in total. The van der Waals surface area contributed by atoms with Crippen molar-refractivity contribution in [3.05, 3.63) is 54.6 Å². The van der Waals surface area contributed by atoms with E-state index in [0.717, 1.165) is 38.3 Å². The van der Waals surface area contributed by atoms with Crippen LogP contribution >= 0.6 is 0 Å². The first-order chi connectivity index (χ1) is 13.8. The Morgan fingerprint density at radius 2 is 1.93 bits per heavy atom. The van der Waals surface area contributed by atoms with E-state index in [1.54, 1.807) is 0 Å². The second-order valence-electron chi connectivity index (χ2n) is 7.38. The van der Waals surface area contributed by atoms with Crippen LogP contribution in [0.3, 0.4) is 0 Å². The Morgan fingerprint density at radius 3 is 2.75 bits per heavy atom. The minimum Gasteiger partial charge on any atom is -0.371 e. The molecule has 2 aliphatic heterocycles. The lowest BCUT2D eigenvalue weighted by atomic mass is 10.0. The topological polar surface area (TPSA) is 79.5 Å². The summed E-state index contributed by atoms with van der Waals surface area (Å²) in [7, 11) is 0. The van der Waals surface area contributed by atoms with E-state index in [4.69, 9.17) is 0 Å². The summed E-state index contributed by atoms with van der Waals surface area (Å²) in [5.74, 6) is 0.897. The zero-order valence-corrected chi connectivity index (χ0v) is 15.7. The Bertz CT molecular complexity index is 952. The number of aromatic nitrogens is 1. The molecule has 1 saturated heterocycles. The molecule has 0 unspecified atom stereocenters. The number of rotatable bonds is 5. The summed E-state index contributed by atoms with van der Waals surface area (Å²) >= 11 is 0. The fourth-order valence-electron chi connectivity index (χ4n) is 3.99. The van der Waals surface area contributed by atoms with Crippen LogP contribution in [0.1, 0.15) is 12.8 Å². The minimum absolute atomic E-state index is 0.526. The number of hydrazine groups is 2. The fraction of sp³-hybridized carbons (Fsp3) is 0.286. The highest BCUT2D eigenvalue weighted by Crippen LogP contribution is 2.28. The van der Waals surface area contributed by atoms with E-state index in [1.807, 2.05) is 0 Å². The average Bonchev–Trinajstić information content (AvgIpc) is 3.42. The number of anilines is 1. The zero-order valence-electron chi connectivity index (χ0n) is 15.7. The van der Waals surface area contributed by atoms with Crippen LogP contribution in [0.4, 0.5) is 5.69 Å². The molecule has 5 N–H and O–H groups in total. The summed E-state index contributed by atoms with van der Waals surface area (Å²) < 4.78 is 0. The third kappa shape index (κ3) is 3.54. The summed E-state index contributed by atoms with van der Waals surface area (Å²) in [6, 6.07) is 20.0. The van der Waals surface area contributed by atoms with Crippen molar-refractivity contribution in [3.8, 4) is 11.3 Å². The number of nitrogens with zero attached hydrogens (tertiary/aromatic N) is 2. The summed E-state index contributed by atoms with van der Waals surface area (Å²) in [5.41, 5.74) is 13.3. The van der Waals surface area contributed by atoms with Crippen LogP contribution in [-0.2, 0) is 0 Å². The summed E-state index contributed by atoms with van der Waals surface area (Å²) in [6.07, 6.45) is 2.26. The average molecular weight is 375 g/mol. The first-order valence-corrected chi connectivity index (χ1v) is 9.84. The van der Waals surface area contributed by atoms with E-state index >= 15 is 0 Å². The molecule has 0 spiro atoms. The highest BCUT2D eigenvalue weighted by Gasteiger charge is 2.20. The van der Waals surface area contributed by atoms with Crippen molar-refractivity contribution in [1.29, 1.82) is 0 Å². The van der Waals surface area contributed by atoms with Crippen LogP contribution in [0.5, 0.6) is 0 Å². The van der Waals surface area contributed by atoms with E-state index in [1.165, 1.54) is 27.8 Å². The van der Waals surface area contributed by atoms with Gasteiger partial charge in [0.15, 0.2) is 5.84 Å². The molecule has 2 aliphatic rings. The molecule has 5 rings (SSSR count). The van der Waals surface area contributed by atoms with Crippen molar-refractivity contribution in [2.45, 2.75) is 18.9 Å². The molecular weight excluding hydrogens is 350 g/mol. The van der Waals surface area contributed by atoms with Crippen LogP contribution < -0.4 is 26.7 Å². The van der Waals surface area contributed by atoms with Crippen molar-refractivity contribution < 1.29 is 0 Å². The first kappa shape index (κ1) is 17.1. The van der Waals surface area contributed by atoms with Crippen LogP contribution in [0, 0.1) is 0 Å². The van der Waals surface area contributed by atoms with Crippen molar-refractivity contribution in [3.63, 3.8) is 0 Å². The predicted octanol–water partition coefficient (Wildman–Crippen LogP) is 2.32. The largest absolute Gasteiger partial charge is 0.371 e. The third-order valence-electron chi connectivity index (χ3n) is 5.56. The van der Waals surface area contributed by atoms with Crippen molar-refractivity contribution in [2.24, 2.45) is 5.10 Å². The molecule has 0 radical (unpaired) electrons. The Labute approximate surface area is 164 Å². The molecule has 1 fully saturated rings. The van der Waals surface area contributed by atoms with Gasteiger partial charge in [0.05, 0.1) is 6.54 Å². The summed E-state index contributed by atoms with van der Waals surface area (Å²) in [6.45, 7) is 2.87. The molecule has 3 heterocycles. The maximum Gasteiger partial charge on any atom is 0.153 e. The summed E-state index contributed by atoms with van der Waals surface area (Å²) in [5, 5.41) is 8.94. The first-order valence-electron chi connectivity index (χ1n) is 9.84. The van der Waals surface area contributed by atoms with Crippen molar-refractivity contribution >= 4 is 22.4 Å². The number of hydrazone groups is 1. The Morgan fingerprint density at radius 1 is 1.04 bits per heavy atom. The van der Waals surface area contributed by atoms with Gasteiger partial charge in [0.1, 0.15) is 0 Å². The normalized spacial score (nSPS) is 17.4. The Hall–Kier alpha value is -3.03. The maximum atomic E-state index is 4.11. The van der Waals surface area contributed by atoms with Gasteiger partial charge < -0.3 is 15.2 Å². The molecule has 0 amide bonds. The van der Waals surface area contributed by atoms with Crippen molar-refractivity contribution in [2.75, 3.05) is 24.5 Å². The van der Waals surface area contributed by atoms with Gasteiger partial charge in [-0.25, -0.2) is 5.53 Å². The number of para-hydroxylation sites is 1. The van der Waals surface area contributed by atoms with Crippen LogP contribution in [0.25, 0.3) is 22.2 Å². The maximum absolute atomic E-state index is 4.11. The van der Waals surface area contributed by atoms with Crippen molar-refractivity contribution in [1.82, 2.24) is 26.8 Å². The lowest BCUT2D eigenvalue weighted by Gasteiger charge is -2.34. The molecule has 3 aromatic rings. The molecule has 0 saturated carbocycles. The molecule has 7 heteroatoms. The number of aromatic amines is 1. The number of amidine groups is 1. The number of H-pyrrole nitrogens is 1. The Balaban J connectivity index is 1.24. The van der Waals surface area contributed by atoms with Gasteiger partial charge in [-0.15, -0.1) is 10.6 Å². The van der Waals surface area contributed by atoms with Crippen LogP contribution in [-0.4, -0.2) is 36.5 Å². The van der Waals surface area contributed by atoms with E-state index in [9.17, 15) is 0 Å². The van der Waals surface area contributed by atoms with E-state index in [0.29, 0.717) is 6.04 Å². The van der Waals surface area contributed by atoms with E-state index < -0.39 is 0 Å². The number of nitrogens with one attached hydrogen (secondary N) is 5. The highest BCUT2D eigenvalue weighted by molar-refractivity contribution is 5.86. The number of fused-ring (bicyclic) bond motifs is 1. The van der Waals surface area contributed by atoms with Crippen LogP contribution in [0.2, 0.25) is 0 Å². The monoisotopic (exact) mass is 375 g/mol. The molecule has 28 heavy (non-hydrogen) atoms. The minimum atomic E-state index is 0.526. The van der Waals surface area contributed by atoms with Gasteiger partial charge >= 0.3 is 0 Å². The third-order valence-corrected chi connectivity index (χ3v) is 5.56. The van der Waals surface area contributed by atoms with Gasteiger partial charge in [-0.3, -0.25) is 5.43 Å². The molecule has 0 aliphatic carbocycles. The fourth-order valence-corrected chi connectivity index (χ4v) is 3.99. The van der Waals surface area contributed by atoms with Crippen LogP contribution in [0.15, 0.2) is 59.7 Å². The van der Waals surface area contributed by atoms with Gasteiger partial charge in [-0.1, -0.05) is 30.3 Å². The summed E-state index contributed by atoms with van der Waals surface area (Å²) in [4.78, 5) is 6.02. The SMILES string of the molecule is c1cc(-c2cc3ccccc3[nH]2)cc(N2CCC(NCC3=NNNN3)CC2)c1. The predicted molar refractivity (Wildman–Crippen MR) is 114 cm³/mol. The number of hydrogen-bond acceptors (Lipinski definition) is 6. The number of hydrogen-bond donors (Lipinski definition) is 5. The number of piperidine rings is 1. The molecule has 2 aromatic carbocycles. The van der Waals surface area contributed by atoms with Gasteiger partial charge in [0, 0.05) is 41.4 Å². The molecule has 0 bridgehead atoms. The lowest BCUT2D eigenvalue weighted by molar-refractivity contribution is 0.432. The van der Waals surface area contributed by atoms with Gasteiger partial charge in [0.25, 0.3) is 0 Å². The molecule has 144 valence electrons. The second kappa shape index (κ2) is 7.53. The lowest BCUT2D eigenvalue weighted by Crippen LogP contribution is -2.46. The highest BCUT2D eigenvalue weighted by atomic mass is 15.8. The molecule has 1 aromatic heterocycles.